The molecule has 1 aromatic carbocycles. The van der Waals surface area contributed by atoms with Crippen LogP contribution in [0.5, 0.6) is 0 Å². The predicted molar refractivity (Wildman–Crippen MR) is 80.3 cm³/mol. The van der Waals surface area contributed by atoms with Crippen LogP contribution < -0.4 is 5.32 Å². The highest BCUT2D eigenvalue weighted by atomic mass is 14.9. The van der Waals surface area contributed by atoms with Crippen LogP contribution in [-0.2, 0) is 5.41 Å². The molecule has 0 aliphatic heterocycles. The Morgan fingerprint density at radius 3 is 2.17 bits per heavy atom. The molecule has 1 aliphatic rings. The largest absolute Gasteiger partial charge is 0.382 e. The maximum Gasteiger partial charge on any atom is 0.0380 e. The number of nitrogens with one attached hydrogen (secondary N) is 1. The minimum atomic E-state index is 0.217. The molecular weight excluding hydrogens is 218 g/mol. The quantitative estimate of drug-likeness (QED) is 0.713. The number of rotatable bonds is 2. The summed E-state index contributed by atoms with van der Waals surface area (Å²) in [5, 5.41) is 3.80. The zero-order chi connectivity index (χ0) is 13.0. The molecule has 1 heteroatoms. The van der Waals surface area contributed by atoms with Crippen LogP contribution in [0, 0.1) is 0 Å². The standard InChI is InChI=1S/C17H27N/c1-17(2,3)15-12-8-9-13-16(15)18-14-10-6-4-5-7-11-14/h8-9,12-14,18H,4-7,10-11H2,1-3H3. The van der Waals surface area contributed by atoms with Crippen molar-refractivity contribution in [1.29, 1.82) is 0 Å². The van der Waals surface area contributed by atoms with Gasteiger partial charge in [-0.25, -0.2) is 0 Å². The van der Waals surface area contributed by atoms with Gasteiger partial charge in [0.15, 0.2) is 0 Å². The third-order valence-electron chi connectivity index (χ3n) is 3.95. The third kappa shape index (κ3) is 3.51. The summed E-state index contributed by atoms with van der Waals surface area (Å²) in [6, 6.07) is 9.48. The van der Waals surface area contributed by atoms with Crippen LogP contribution in [-0.4, -0.2) is 6.04 Å². The van der Waals surface area contributed by atoms with Crippen molar-refractivity contribution < 1.29 is 0 Å². The molecule has 1 N–H and O–H groups in total. The van der Waals surface area contributed by atoms with Crippen molar-refractivity contribution in [2.24, 2.45) is 0 Å². The first-order valence-corrected chi connectivity index (χ1v) is 7.43. The topological polar surface area (TPSA) is 12.0 Å². The van der Waals surface area contributed by atoms with Gasteiger partial charge in [0.2, 0.25) is 0 Å². The van der Waals surface area contributed by atoms with Gasteiger partial charge >= 0.3 is 0 Å². The van der Waals surface area contributed by atoms with Crippen LogP contribution in [0.4, 0.5) is 5.69 Å². The number of hydrogen-bond acceptors (Lipinski definition) is 1. The summed E-state index contributed by atoms with van der Waals surface area (Å²) in [4.78, 5) is 0. The number of anilines is 1. The number of hydrogen-bond donors (Lipinski definition) is 1. The monoisotopic (exact) mass is 245 g/mol. The molecule has 0 saturated heterocycles. The lowest BCUT2D eigenvalue weighted by atomic mass is 9.85. The van der Waals surface area contributed by atoms with Gasteiger partial charge in [-0.3, -0.25) is 0 Å². The van der Waals surface area contributed by atoms with E-state index in [-0.39, 0.29) is 5.41 Å². The van der Waals surface area contributed by atoms with Gasteiger partial charge in [-0.2, -0.15) is 0 Å². The second-order valence-electron chi connectivity index (χ2n) is 6.63. The lowest BCUT2D eigenvalue weighted by Gasteiger charge is -2.26. The zero-order valence-corrected chi connectivity index (χ0v) is 12.1. The SMILES string of the molecule is CC(C)(C)c1ccccc1NC1CCCCCC1. The summed E-state index contributed by atoms with van der Waals surface area (Å²) in [7, 11) is 0. The average Bonchev–Trinajstić information content (AvgIpc) is 2.57. The molecule has 100 valence electrons. The van der Waals surface area contributed by atoms with Crippen molar-refractivity contribution >= 4 is 5.69 Å². The molecule has 2 rings (SSSR count). The summed E-state index contributed by atoms with van der Waals surface area (Å²) in [6.45, 7) is 6.88. The molecule has 1 fully saturated rings. The Balaban J connectivity index is 2.13. The second kappa shape index (κ2) is 5.77. The van der Waals surface area contributed by atoms with Gasteiger partial charge in [0.05, 0.1) is 0 Å². The Labute approximate surface area is 112 Å². The summed E-state index contributed by atoms with van der Waals surface area (Å²) >= 11 is 0. The minimum absolute atomic E-state index is 0.217. The van der Waals surface area contributed by atoms with E-state index in [0.717, 1.165) is 0 Å². The molecule has 0 amide bonds. The summed E-state index contributed by atoms with van der Waals surface area (Å²) < 4.78 is 0. The van der Waals surface area contributed by atoms with Gasteiger partial charge in [0.1, 0.15) is 0 Å². The lowest BCUT2D eigenvalue weighted by molar-refractivity contribution is 0.582. The van der Waals surface area contributed by atoms with Gasteiger partial charge in [-0.15, -0.1) is 0 Å². The van der Waals surface area contributed by atoms with E-state index in [1.165, 1.54) is 49.8 Å². The third-order valence-corrected chi connectivity index (χ3v) is 3.95. The fraction of sp³-hybridized carbons (Fsp3) is 0.647. The summed E-state index contributed by atoms with van der Waals surface area (Å²) in [5.41, 5.74) is 3.00. The summed E-state index contributed by atoms with van der Waals surface area (Å²) in [6.07, 6.45) is 8.26. The van der Waals surface area contributed by atoms with E-state index >= 15 is 0 Å². The Bertz CT molecular complexity index is 367. The highest BCUT2D eigenvalue weighted by Gasteiger charge is 2.19. The molecule has 1 aromatic rings. The first kappa shape index (κ1) is 13.5. The van der Waals surface area contributed by atoms with Gasteiger partial charge < -0.3 is 5.32 Å². The van der Waals surface area contributed by atoms with E-state index in [0.29, 0.717) is 6.04 Å². The van der Waals surface area contributed by atoms with Crippen LogP contribution in [0.2, 0.25) is 0 Å². The van der Waals surface area contributed by atoms with E-state index in [2.05, 4.69) is 50.4 Å². The van der Waals surface area contributed by atoms with E-state index in [1.54, 1.807) is 0 Å². The predicted octanol–water partition coefficient (Wildman–Crippen LogP) is 5.12. The Hall–Kier alpha value is -0.980. The number of benzene rings is 1. The van der Waals surface area contributed by atoms with E-state index < -0.39 is 0 Å². The molecule has 1 nitrogen and oxygen atoms in total. The average molecular weight is 245 g/mol. The molecule has 0 atom stereocenters. The first-order chi connectivity index (χ1) is 8.57. The molecular formula is C17H27N. The van der Waals surface area contributed by atoms with E-state index in [4.69, 9.17) is 0 Å². The van der Waals surface area contributed by atoms with Crippen LogP contribution in [0.3, 0.4) is 0 Å². The lowest BCUT2D eigenvalue weighted by Crippen LogP contribution is -2.22. The normalized spacial score (nSPS) is 18.4. The molecule has 18 heavy (non-hydrogen) atoms. The first-order valence-electron chi connectivity index (χ1n) is 7.43. The van der Waals surface area contributed by atoms with Crippen LogP contribution in [0.15, 0.2) is 24.3 Å². The van der Waals surface area contributed by atoms with Gasteiger partial charge in [0, 0.05) is 11.7 Å². The molecule has 0 unspecified atom stereocenters. The van der Waals surface area contributed by atoms with Crippen molar-refractivity contribution in [3.8, 4) is 0 Å². The summed E-state index contributed by atoms with van der Waals surface area (Å²) in [5.74, 6) is 0. The fourth-order valence-electron chi connectivity index (χ4n) is 2.91. The molecule has 0 radical (unpaired) electrons. The minimum Gasteiger partial charge on any atom is -0.382 e. The van der Waals surface area contributed by atoms with Gasteiger partial charge in [-0.05, 0) is 29.9 Å². The molecule has 0 aromatic heterocycles. The van der Waals surface area contributed by atoms with Crippen molar-refractivity contribution in [1.82, 2.24) is 0 Å². The zero-order valence-electron chi connectivity index (χ0n) is 12.1. The highest BCUT2D eigenvalue weighted by Crippen LogP contribution is 2.31. The van der Waals surface area contributed by atoms with Crippen molar-refractivity contribution in [3.05, 3.63) is 29.8 Å². The molecule has 1 aliphatic carbocycles. The van der Waals surface area contributed by atoms with E-state index in [1.807, 2.05) is 0 Å². The maximum atomic E-state index is 3.80. The van der Waals surface area contributed by atoms with Crippen LogP contribution >= 0.6 is 0 Å². The van der Waals surface area contributed by atoms with Crippen molar-refractivity contribution in [3.63, 3.8) is 0 Å². The van der Waals surface area contributed by atoms with Gasteiger partial charge in [0.25, 0.3) is 0 Å². The molecule has 0 spiro atoms. The second-order valence-corrected chi connectivity index (χ2v) is 6.63. The molecule has 0 heterocycles. The smallest absolute Gasteiger partial charge is 0.0380 e. The van der Waals surface area contributed by atoms with Crippen LogP contribution in [0.1, 0.15) is 64.9 Å². The maximum absolute atomic E-state index is 3.80. The van der Waals surface area contributed by atoms with Gasteiger partial charge in [-0.1, -0.05) is 64.7 Å². The Morgan fingerprint density at radius 1 is 0.944 bits per heavy atom. The Kier molecular flexibility index (Phi) is 4.31. The fourth-order valence-corrected chi connectivity index (χ4v) is 2.91. The highest BCUT2D eigenvalue weighted by molar-refractivity contribution is 5.54. The van der Waals surface area contributed by atoms with Crippen LogP contribution in [0.25, 0.3) is 0 Å². The Morgan fingerprint density at radius 2 is 1.56 bits per heavy atom. The molecule has 1 saturated carbocycles. The van der Waals surface area contributed by atoms with E-state index in [9.17, 15) is 0 Å². The van der Waals surface area contributed by atoms with Crippen molar-refractivity contribution in [2.45, 2.75) is 70.8 Å². The molecule has 0 bridgehead atoms. The number of para-hydroxylation sites is 1. The van der Waals surface area contributed by atoms with Crippen molar-refractivity contribution in [2.75, 3.05) is 5.32 Å².